The fourth-order valence-corrected chi connectivity index (χ4v) is 1.98. The Morgan fingerprint density at radius 1 is 1.17 bits per heavy atom. The van der Waals surface area contributed by atoms with Crippen molar-refractivity contribution < 1.29 is 23.1 Å². The maximum Gasteiger partial charge on any atom is 0.416 e. The largest absolute Gasteiger partial charge is 0.416 e. The highest BCUT2D eigenvalue weighted by atomic mass is 19.4. The highest BCUT2D eigenvalue weighted by Gasteiger charge is 2.30. The molecule has 0 unspecified atom stereocenters. The molecule has 128 valence electrons. The normalized spacial score (nSPS) is 12.1. The molecule has 7 heteroatoms. The van der Waals surface area contributed by atoms with Crippen LogP contribution in [0.5, 0.6) is 0 Å². The zero-order chi connectivity index (χ0) is 18.0. The van der Waals surface area contributed by atoms with Crippen LogP contribution in [0.15, 0.2) is 42.6 Å². The summed E-state index contributed by atoms with van der Waals surface area (Å²) in [6.07, 6.45) is -3.34. The van der Waals surface area contributed by atoms with Crippen molar-refractivity contribution in [3.8, 4) is 11.3 Å². The molecule has 0 aliphatic rings. The highest BCUT2D eigenvalue weighted by molar-refractivity contribution is 5.95. The predicted octanol–water partition coefficient (Wildman–Crippen LogP) is 3.27. The zero-order valence-corrected chi connectivity index (χ0v) is 13.2. The van der Waals surface area contributed by atoms with Crippen LogP contribution in [0.25, 0.3) is 11.3 Å². The van der Waals surface area contributed by atoms with Crippen molar-refractivity contribution in [1.82, 2.24) is 10.3 Å². The molecule has 2 rings (SSSR count). The maximum absolute atomic E-state index is 12.7. The second kappa shape index (κ2) is 6.60. The molecule has 1 aromatic carbocycles. The van der Waals surface area contributed by atoms with Gasteiger partial charge in [0.2, 0.25) is 0 Å². The number of hydrogen-bond acceptors (Lipinski definition) is 3. The third kappa shape index (κ3) is 4.32. The van der Waals surface area contributed by atoms with Gasteiger partial charge in [-0.05, 0) is 38.1 Å². The van der Waals surface area contributed by atoms with Crippen LogP contribution in [0.3, 0.4) is 0 Å². The van der Waals surface area contributed by atoms with Gasteiger partial charge in [-0.25, -0.2) is 0 Å². The molecule has 0 saturated heterocycles. The molecule has 2 N–H and O–H groups in total. The van der Waals surface area contributed by atoms with Crippen LogP contribution < -0.4 is 5.32 Å². The van der Waals surface area contributed by atoms with E-state index in [0.717, 1.165) is 18.3 Å². The molecule has 0 spiro atoms. The Hall–Kier alpha value is -2.41. The molecule has 0 aliphatic carbocycles. The summed E-state index contributed by atoms with van der Waals surface area (Å²) in [7, 11) is 0. The molecule has 1 aromatic heterocycles. The molecular weight excluding hydrogens is 321 g/mol. The number of rotatable bonds is 4. The number of alkyl halides is 3. The molecule has 4 nitrogen and oxygen atoms in total. The van der Waals surface area contributed by atoms with E-state index in [4.69, 9.17) is 5.11 Å². The van der Waals surface area contributed by atoms with Crippen LogP contribution in [0, 0.1) is 0 Å². The monoisotopic (exact) mass is 338 g/mol. The van der Waals surface area contributed by atoms with E-state index < -0.39 is 17.3 Å². The SMILES string of the molecule is CC(C)(CO)NC(=O)c1ccc(-c2cc(C(F)(F)F)ccn2)cc1. The number of aliphatic hydroxyl groups is 1. The van der Waals surface area contributed by atoms with E-state index >= 15 is 0 Å². The lowest BCUT2D eigenvalue weighted by atomic mass is 10.0. The van der Waals surface area contributed by atoms with Crippen LogP contribution in [0.4, 0.5) is 13.2 Å². The van der Waals surface area contributed by atoms with Crippen LogP contribution in [0.2, 0.25) is 0 Å². The lowest BCUT2D eigenvalue weighted by Crippen LogP contribution is -2.46. The molecule has 1 amide bonds. The van der Waals surface area contributed by atoms with E-state index in [1.54, 1.807) is 13.8 Å². The second-order valence-electron chi connectivity index (χ2n) is 6.00. The number of carbonyl (C=O) groups excluding carboxylic acids is 1. The first-order chi connectivity index (χ1) is 11.1. The van der Waals surface area contributed by atoms with E-state index in [2.05, 4.69) is 10.3 Å². The molecule has 0 aliphatic heterocycles. The third-order valence-electron chi connectivity index (χ3n) is 3.38. The number of hydrogen-bond donors (Lipinski definition) is 2. The molecule has 0 fully saturated rings. The minimum Gasteiger partial charge on any atom is -0.394 e. The summed E-state index contributed by atoms with van der Waals surface area (Å²) in [5.74, 6) is -0.377. The third-order valence-corrected chi connectivity index (χ3v) is 3.38. The number of halogens is 3. The van der Waals surface area contributed by atoms with Crippen molar-refractivity contribution in [1.29, 1.82) is 0 Å². The van der Waals surface area contributed by atoms with Crippen molar-refractivity contribution in [3.63, 3.8) is 0 Å². The van der Waals surface area contributed by atoms with E-state index in [1.165, 1.54) is 24.3 Å². The van der Waals surface area contributed by atoms with Gasteiger partial charge in [0.1, 0.15) is 0 Å². The fraction of sp³-hybridized carbons (Fsp3) is 0.294. The first kappa shape index (κ1) is 17.9. The van der Waals surface area contributed by atoms with Crippen LogP contribution in [0.1, 0.15) is 29.8 Å². The lowest BCUT2D eigenvalue weighted by Gasteiger charge is -2.23. The van der Waals surface area contributed by atoms with Gasteiger partial charge in [0.05, 0.1) is 23.4 Å². The number of nitrogens with one attached hydrogen (secondary N) is 1. The average molecular weight is 338 g/mol. The second-order valence-corrected chi connectivity index (χ2v) is 6.00. The van der Waals surface area contributed by atoms with Gasteiger partial charge in [0.25, 0.3) is 5.91 Å². The zero-order valence-electron chi connectivity index (χ0n) is 13.2. The first-order valence-electron chi connectivity index (χ1n) is 7.19. The highest BCUT2D eigenvalue weighted by Crippen LogP contribution is 2.31. The fourth-order valence-electron chi connectivity index (χ4n) is 1.98. The van der Waals surface area contributed by atoms with Gasteiger partial charge in [0.15, 0.2) is 0 Å². The number of benzene rings is 1. The molecule has 0 saturated carbocycles. The number of amides is 1. The Morgan fingerprint density at radius 3 is 2.33 bits per heavy atom. The molecule has 0 bridgehead atoms. The average Bonchev–Trinajstić information content (AvgIpc) is 2.54. The van der Waals surface area contributed by atoms with Gasteiger partial charge in [-0.15, -0.1) is 0 Å². The number of nitrogens with zero attached hydrogens (tertiary/aromatic N) is 1. The van der Waals surface area contributed by atoms with Crippen molar-refractivity contribution in [2.45, 2.75) is 25.6 Å². The van der Waals surface area contributed by atoms with Crippen molar-refractivity contribution in [3.05, 3.63) is 53.7 Å². The van der Waals surface area contributed by atoms with Crippen molar-refractivity contribution in [2.75, 3.05) is 6.61 Å². The van der Waals surface area contributed by atoms with Crippen LogP contribution >= 0.6 is 0 Å². The predicted molar refractivity (Wildman–Crippen MR) is 83.3 cm³/mol. The molecule has 2 aromatic rings. The van der Waals surface area contributed by atoms with Crippen LogP contribution in [-0.4, -0.2) is 28.1 Å². The van der Waals surface area contributed by atoms with E-state index in [-0.39, 0.29) is 18.2 Å². The summed E-state index contributed by atoms with van der Waals surface area (Å²) in [6, 6.07) is 7.93. The van der Waals surface area contributed by atoms with Crippen molar-refractivity contribution >= 4 is 5.91 Å². The number of aromatic nitrogens is 1. The van der Waals surface area contributed by atoms with Crippen LogP contribution in [-0.2, 0) is 6.18 Å². The molecular formula is C17H17F3N2O2. The number of carbonyl (C=O) groups is 1. The number of aliphatic hydroxyl groups excluding tert-OH is 1. The van der Waals surface area contributed by atoms with E-state index in [1.807, 2.05) is 0 Å². The molecule has 0 radical (unpaired) electrons. The van der Waals surface area contributed by atoms with Gasteiger partial charge >= 0.3 is 6.18 Å². The maximum atomic E-state index is 12.7. The minimum atomic E-state index is -4.44. The Morgan fingerprint density at radius 2 is 1.79 bits per heavy atom. The molecule has 1 heterocycles. The minimum absolute atomic E-state index is 0.174. The Labute approximate surface area is 137 Å². The summed E-state index contributed by atoms with van der Waals surface area (Å²) in [5, 5.41) is 11.8. The summed E-state index contributed by atoms with van der Waals surface area (Å²) in [6.45, 7) is 3.13. The van der Waals surface area contributed by atoms with Gasteiger partial charge < -0.3 is 10.4 Å². The van der Waals surface area contributed by atoms with Crippen molar-refractivity contribution in [2.24, 2.45) is 0 Å². The van der Waals surface area contributed by atoms with E-state index in [9.17, 15) is 18.0 Å². The van der Waals surface area contributed by atoms with Gasteiger partial charge in [-0.1, -0.05) is 12.1 Å². The number of pyridine rings is 1. The lowest BCUT2D eigenvalue weighted by molar-refractivity contribution is -0.137. The Bertz CT molecular complexity index is 725. The molecule has 0 atom stereocenters. The quantitative estimate of drug-likeness (QED) is 0.899. The topological polar surface area (TPSA) is 62.2 Å². The van der Waals surface area contributed by atoms with Gasteiger partial charge in [0, 0.05) is 17.3 Å². The van der Waals surface area contributed by atoms with Gasteiger partial charge in [-0.3, -0.25) is 9.78 Å². The smallest absolute Gasteiger partial charge is 0.394 e. The van der Waals surface area contributed by atoms with E-state index in [0.29, 0.717) is 11.1 Å². The standard InChI is InChI=1S/C17H17F3N2O2/c1-16(2,10-23)22-15(24)12-5-3-11(4-6-12)14-9-13(7-8-21-14)17(18,19)20/h3-9,23H,10H2,1-2H3,(H,22,24). The first-order valence-corrected chi connectivity index (χ1v) is 7.19. The Balaban J connectivity index is 2.23. The van der Waals surface area contributed by atoms with Gasteiger partial charge in [-0.2, -0.15) is 13.2 Å². The summed E-state index contributed by atoms with van der Waals surface area (Å²) >= 11 is 0. The summed E-state index contributed by atoms with van der Waals surface area (Å²) < 4.78 is 38.2. The summed E-state index contributed by atoms with van der Waals surface area (Å²) in [4.78, 5) is 16.0. The summed E-state index contributed by atoms with van der Waals surface area (Å²) in [5.41, 5.74) is -0.559. The Kier molecular flexibility index (Phi) is 4.94. The molecule has 24 heavy (non-hydrogen) atoms.